The van der Waals surface area contributed by atoms with Crippen molar-refractivity contribution in [3.63, 3.8) is 0 Å². The summed E-state index contributed by atoms with van der Waals surface area (Å²) in [4.78, 5) is 0. The van der Waals surface area contributed by atoms with Crippen molar-refractivity contribution in [1.82, 2.24) is 0 Å². The fourth-order valence-electron chi connectivity index (χ4n) is 5.89. The van der Waals surface area contributed by atoms with Gasteiger partial charge in [0, 0.05) is 19.4 Å². The van der Waals surface area contributed by atoms with E-state index < -0.39 is 5.79 Å². The lowest BCUT2D eigenvalue weighted by molar-refractivity contribution is -0.199. The molecular weight excluding hydrogens is 367 g/mol. The Labute approximate surface area is 173 Å². The molecule has 0 spiro atoms. The molecule has 1 aromatic carbocycles. The van der Waals surface area contributed by atoms with E-state index in [1.54, 1.807) is 7.11 Å². The Morgan fingerprint density at radius 2 is 1.93 bits per heavy atom. The average molecular weight is 398 g/mol. The summed E-state index contributed by atoms with van der Waals surface area (Å²) in [7, 11) is 1.34. The first-order valence-corrected chi connectivity index (χ1v) is 10.7. The number of benzene rings is 1. The summed E-state index contributed by atoms with van der Waals surface area (Å²) in [6, 6.07) is 3.97. The van der Waals surface area contributed by atoms with Crippen molar-refractivity contribution in [2.45, 2.75) is 71.6 Å². The highest BCUT2D eigenvalue weighted by atomic mass is 16.7. The van der Waals surface area contributed by atoms with Gasteiger partial charge in [-0.2, -0.15) is 0 Å². The molecule has 0 amide bonds. The van der Waals surface area contributed by atoms with Crippen LogP contribution in [0.4, 0.5) is 0 Å². The quantitative estimate of drug-likeness (QED) is 0.696. The number of hydrogen-bond donors (Lipinski definition) is 0. The molecular formula is C23H31BO5. The van der Waals surface area contributed by atoms with Crippen molar-refractivity contribution in [1.29, 1.82) is 0 Å². The third kappa shape index (κ3) is 2.87. The van der Waals surface area contributed by atoms with Gasteiger partial charge >= 0.3 is 7.12 Å². The van der Waals surface area contributed by atoms with Crippen LogP contribution in [0.2, 0.25) is 0 Å². The third-order valence-corrected chi connectivity index (χ3v) is 7.78. The molecule has 0 N–H and O–H groups in total. The Balaban J connectivity index is 1.39. The van der Waals surface area contributed by atoms with Crippen molar-refractivity contribution < 1.29 is 23.5 Å². The molecule has 3 aliphatic carbocycles. The molecule has 1 aromatic rings. The molecule has 3 unspecified atom stereocenters. The van der Waals surface area contributed by atoms with Gasteiger partial charge in [-0.05, 0) is 49.1 Å². The summed E-state index contributed by atoms with van der Waals surface area (Å²) in [5, 5.41) is 0. The second kappa shape index (κ2) is 6.25. The van der Waals surface area contributed by atoms with Crippen molar-refractivity contribution in [2.75, 3.05) is 7.11 Å². The maximum absolute atomic E-state index is 6.49. The van der Waals surface area contributed by atoms with Gasteiger partial charge in [-0.1, -0.05) is 25.9 Å². The van der Waals surface area contributed by atoms with Gasteiger partial charge in [-0.25, -0.2) is 0 Å². The number of fused-ring (bicyclic) bond motifs is 1. The average Bonchev–Trinajstić information content (AvgIpc) is 3.01. The van der Waals surface area contributed by atoms with Crippen molar-refractivity contribution in [3.05, 3.63) is 29.2 Å². The van der Waals surface area contributed by atoms with E-state index in [4.69, 9.17) is 23.5 Å². The van der Waals surface area contributed by atoms with Gasteiger partial charge < -0.3 is 23.5 Å². The Bertz CT molecular complexity index is 863. The maximum atomic E-state index is 6.49. The van der Waals surface area contributed by atoms with Crippen LogP contribution in [-0.4, -0.2) is 31.7 Å². The second-order valence-corrected chi connectivity index (χ2v) is 10.2. The highest BCUT2D eigenvalue weighted by Crippen LogP contribution is 2.65. The predicted octanol–water partition coefficient (Wildman–Crippen LogP) is 4.62. The Kier molecular flexibility index (Phi) is 4.20. The van der Waals surface area contributed by atoms with Gasteiger partial charge in [-0.15, -0.1) is 0 Å². The molecule has 2 bridgehead atoms. The molecule has 2 heterocycles. The first-order chi connectivity index (χ1) is 13.6. The van der Waals surface area contributed by atoms with Crippen LogP contribution in [0.3, 0.4) is 0 Å². The van der Waals surface area contributed by atoms with Gasteiger partial charge in [0.2, 0.25) is 5.79 Å². The maximum Gasteiger partial charge on any atom is 0.486 e. The first-order valence-electron chi connectivity index (χ1n) is 10.7. The van der Waals surface area contributed by atoms with E-state index in [0.29, 0.717) is 17.9 Å². The van der Waals surface area contributed by atoms with Crippen LogP contribution in [0.15, 0.2) is 18.1 Å². The van der Waals surface area contributed by atoms with E-state index in [2.05, 4.69) is 20.8 Å². The van der Waals surface area contributed by atoms with E-state index in [0.717, 1.165) is 35.0 Å². The zero-order valence-corrected chi connectivity index (χ0v) is 18.3. The minimum Gasteiger partial charge on any atom is -0.496 e. The summed E-state index contributed by atoms with van der Waals surface area (Å²) in [5.74, 6) is 4.25. The lowest BCUT2D eigenvalue weighted by Gasteiger charge is -2.64. The van der Waals surface area contributed by atoms with Crippen molar-refractivity contribution in [3.8, 4) is 11.5 Å². The lowest BCUT2D eigenvalue weighted by Crippen LogP contribution is -2.65. The van der Waals surface area contributed by atoms with Gasteiger partial charge in [0.15, 0.2) is 0 Å². The van der Waals surface area contributed by atoms with Crippen molar-refractivity contribution >= 4 is 13.2 Å². The number of methoxy groups -OCH3 is 1. The topological polar surface area (TPSA) is 46.2 Å². The van der Waals surface area contributed by atoms with Gasteiger partial charge in [0.25, 0.3) is 0 Å². The van der Waals surface area contributed by atoms with E-state index in [-0.39, 0.29) is 18.8 Å². The summed E-state index contributed by atoms with van der Waals surface area (Å²) in [6.45, 7) is 11.3. The molecule has 4 atom stereocenters. The van der Waals surface area contributed by atoms with E-state index in [1.165, 1.54) is 6.42 Å². The molecule has 3 saturated carbocycles. The summed E-state index contributed by atoms with van der Waals surface area (Å²) < 4.78 is 30.2. The molecule has 6 heteroatoms. The van der Waals surface area contributed by atoms with Crippen LogP contribution >= 0.6 is 0 Å². The van der Waals surface area contributed by atoms with Crippen LogP contribution in [0.5, 0.6) is 11.5 Å². The summed E-state index contributed by atoms with van der Waals surface area (Å²) in [5.41, 5.74) is 2.07. The van der Waals surface area contributed by atoms with Crippen LogP contribution in [0, 0.1) is 17.3 Å². The SMILES string of the molecule is COc1ccc(/C=C\B2OC3CC4CC(C4(C)C)[C@]3(C)O2)c2c1COC(C)(C)O2. The molecule has 156 valence electrons. The lowest BCUT2D eigenvalue weighted by atomic mass is 9.43. The highest BCUT2D eigenvalue weighted by Gasteiger charge is 2.67. The highest BCUT2D eigenvalue weighted by molar-refractivity contribution is 6.52. The largest absolute Gasteiger partial charge is 0.496 e. The zero-order valence-electron chi connectivity index (χ0n) is 18.3. The molecule has 5 nitrogen and oxygen atoms in total. The molecule has 2 aliphatic heterocycles. The number of ether oxygens (including phenoxy) is 3. The second-order valence-electron chi connectivity index (χ2n) is 10.2. The van der Waals surface area contributed by atoms with Crippen LogP contribution < -0.4 is 9.47 Å². The van der Waals surface area contributed by atoms with Gasteiger partial charge in [0.1, 0.15) is 11.5 Å². The third-order valence-electron chi connectivity index (χ3n) is 7.78. The molecule has 0 radical (unpaired) electrons. The molecule has 29 heavy (non-hydrogen) atoms. The Morgan fingerprint density at radius 3 is 2.66 bits per heavy atom. The first kappa shape index (κ1) is 19.5. The van der Waals surface area contributed by atoms with Crippen molar-refractivity contribution in [2.24, 2.45) is 17.3 Å². The normalized spacial score (nSPS) is 36.2. The predicted molar refractivity (Wildman–Crippen MR) is 112 cm³/mol. The fraction of sp³-hybridized carbons (Fsp3) is 0.652. The Hall–Kier alpha value is -1.50. The van der Waals surface area contributed by atoms with Crippen LogP contribution in [0.1, 0.15) is 58.6 Å². The zero-order chi connectivity index (χ0) is 20.6. The molecule has 5 aliphatic rings. The minimum atomic E-state index is -0.669. The van der Waals surface area contributed by atoms with E-state index in [9.17, 15) is 0 Å². The van der Waals surface area contributed by atoms with Gasteiger partial charge in [-0.3, -0.25) is 0 Å². The summed E-state index contributed by atoms with van der Waals surface area (Å²) >= 11 is 0. The van der Waals surface area contributed by atoms with E-state index in [1.807, 2.05) is 38.0 Å². The smallest absolute Gasteiger partial charge is 0.486 e. The minimum absolute atomic E-state index is 0.183. The molecule has 1 saturated heterocycles. The molecule has 6 rings (SSSR count). The number of rotatable bonds is 3. The standard InChI is InChI=1S/C23H31BO5/c1-21(2)15-11-18(21)23(5)19(12-15)28-24(29-23)10-9-14-7-8-17(25-6)16-13-26-22(3,4)27-20(14)16/h7-10,15,18-19H,11-13H2,1-6H3/b10-9-/t15?,18?,19?,23-/m0/s1. The fourth-order valence-corrected chi connectivity index (χ4v) is 5.89. The molecule has 4 fully saturated rings. The van der Waals surface area contributed by atoms with E-state index >= 15 is 0 Å². The number of hydrogen-bond acceptors (Lipinski definition) is 5. The van der Waals surface area contributed by atoms with Crippen LogP contribution in [-0.2, 0) is 20.7 Å². The summed E-state index contributed by atoms with van der Waals surface area (Å²) in [6.07, 6.45) is 4.58. The van der Waals surface area contributed by atoms with Crippen LogP contribution in [0.25, 0.3) is 6.08 Å². The monoisotopic (exact) mass is 398 g/mol. The molecule has 0 aromatic heterocycles. The Morgan fingerprint density at radius 1 is 1.14 bits per heavy atom. The van der Waals surface area contributed by atoms with Gasteiger partial charge in [0.05, 0.1) is 31.0 Å².